The van der Waals surface area contributed by atoms with Crippen LogP contribution in [0.1, 0.15) is 47.7 Å². The summed E-state index contributed by atoms with van der Waals surface area (Å²) in [6, 6.07) is 5.31. The summed E-state index contributed by atoms with van der Waals surface area (Å²) in [6.07, 6.45) is -4.65. The molecule has 1 amide bonds. The molecule has 0 aliphatic heterocycles. The van der Waals surface area contributed by atoms with Gasteiger partial charge in [-0.15, -0.1) is 0 Å². The number of hydrogen-bond acceptors (Lipinski definition) is 2. The number of amides is 1. The number of halogens is 8. The van der Waals surface area contributed by atoms with Gasteiger partial charge in [0.2, 0.25) is 5.91 Å². The highest BCUT2D eigenvalue weighted by Crippen LogP contribution is 2.42. The van der Waals surface area contributed by atoms with Crippen LogP contribution in [-0.4, -0.2) is 24.4 Å². The van der Waals surface area contributed by atoms with Gasteiger partial charge >= 0.3 is 6.18 Å². The zero-order valence-corrected chi connectivity index (χ0v) is 20.9. The lowest BCUT2D eigenvalue weighted by Crippen LogP contribution is -2.30. The Kier molecular flexibility index (Phi) is 9.83. The van der Waals surface area contributed by atoms with Gasteiger partial charge in [-0.05, 0) is 42.8 Å². The molecule has 0 saturated heterocycles. The highest BCUT2D eigenvalue weighted by Gasteiger charge is 2.40. The molecule has 1 N–H and O–H groups in total. The summed E-state index contributed by atoms with van der Waals surface area (Å²) >= 11 is 23.6. The fourth-order valence-corrected chi connectivity index (χ4v) is 3.99. The number of alkyl halides is 3. The minimum absolute atomic E-state index is 0.0259. The zero-order chi connectivity index (χ0) is 25.8. The van der Waals surface area contributed by atoms with E-state index < -0.39 is 35.2 Å². The molecule has 0 saturated carbocycles. The van der Waals surface area contributed by atoms with Crippen molar-refractivity contribution in [2.24, 2.45) is 5.92 Å². The van der Waals surface area contributed by atoms with Crippen molar-refractivity contribution in [1.29, 1.82) is 0 Å². The molecule has 0 aliphatic rings. The molecule has 0 fully saturated rings. The number of rotatable bonds is 8. The lowest BCUT2D eigenvalue weighted by molar-refractivity contribution is -0.139. The van der Waals surface area contributed by atoms with Gasteiger partial charge in [0, 0.05) is 30.0 Å². The molecule has 0 bridgehead atoms. The smallest absolute Gasteiger partial charge is 0.356 e. The molecule has 0 aliphatic carbocycles. The molecule has 2 atom stereocenters. The van der Waals surface area contributed by atoms with Crippen molar-refractivity contribution in [2.75, 3.05) is 6.54 Å². The Morgan fingerprint density at radius 3 is 2.12 bits per heavy atom. The Hall–Kier alpha value is -1.80. The van der Waals surface area contributed by atoms with Gasteiger partial charge in [0.25, 0.3) is 0 Å². The average molecular weight is 559 g/mol. The molecule has 0 spiro atoms. The van der Waals surface area contributed by atoms with E-state index in [1.54, 1.807) is 13.8 Å². The summed E-state index contributed by atoms with van der Waals surface area (Å²) in [5.41, 5.74) is -0.643. The van der Waals surface area contributed by atoms with E-state index in [9.17, 15) is 27.2 Å². The first kappa shape index (κ1) is 28.4. The Labute approximate surface area is 214 Å². The minimum atomic E-state index is -4.87. The van der Waals surface area contributed by atoms with Gasteiger partial charge in [-0.1, -0.05) is 59.4 Å². The van der Waals surface area contributed by atoms with Crippen molar-refractivity contribution >= 4 is 63.9 Å². The topological polar surface area (TPSA) is 46.2 Å². The first-order valence-electron chi connectivity index (χ1n) is 9.95. The summed E-state index contributed by atoms with van der Waals surface area (Å²) in [5.74, 6) is -4.99. The molecule has 0 aromatic heterocycles. The number of carbonyl (C=O) groups excluding carboxylic acids is 2. The standard InChI is InChI=1S/C23H19Cl4F4NO2/c1-3-32-22(34)11(2)6-20(33)14-5-4-12(7-16(14)24)19(28)10-15(23(29,30)31)13-8-17(25)21(27)18(26)9-13/h4-5,7-11,15H,3,6H2,1-2H3,(H,32,34)/b19-10-/t11-,15?/m0/s1. The van der Waals surface area contributed by atoms with Gasteiger partial charge in [-0.3, -0.25) is 9.59 Å². The summed E-state index contributed by atoms with van der Waals surface area (Å²) in [6.45, 7) is 3.72. The van der Waals surface area contributed by atoms with Crippen molar-refractivity contribution in [3.63, 3.8) is 0 Å². The van der Waals surface area contributed by atoms with Gasteiger partial charge in [-0.25, -0.2) is 4.39 Å². The Morgan fingerprint density at radius 2 is 1.62 bits per heavy atom. The molecule has 184 valence electrons. The zero-order valence-electron chi connectivity index (χ0n) is 17.9. The van der Waals surface area contributed by atoms with Crippen LogP contribution in [0, 0.1) is 5.92 Å². The van der Waals surface area contributed by atoms with Crippen molar-refractivity contribution in [3.8, 4) is 0 Å². The van der Waals surface area contributed by atoms with Crippen molar-refractivity contribution < 1.29 is 27.2 Å². The fourth-order valence-electron chi connectivity index (χ4n) is 3.10. The molecule has 0 heterocycles. The van der Waals surface area contributed by atoms with Crippen molar-refractivity contribution in [1.82, 2.24) is 5.32 Å². The maximum Gasteiger partial charge on any atom is 0.399 e. The maximum atomic E-state index is 14.9. The van der Waals surface area contributed by atoms with Gasteiger partial charge in [0.15, 0.2) is 5.78 Å². The van der Waals surface area contributed by atoms with E-state index in [4.69, 9.17) is 46.4 Å². The van der Waals surface area contributed by atoms with Gasteiger partial charge in [0.05, 0.1) is 20.1 Å². The lowest BCUT2D eigenvalue weighted by Gasteiger charge is -2.19. The Bertz CT molecular complexity index is 1100. The van der Waals surface area contributed by atoms with Crippen LogP contribution in [0.3, 0.4) is 0 Å². The van der Waals surface area contributed by atoms with Crippen LogP contribution < -0.4 is 5.32 Å². The number of Topliss-reactive ketones (excluding diaryl/α,β-unsaturated/α-hetero) is 1. The van der Waals surface area contributed by atoms with Crippen molar-refractivity contribution in [3.05, 3.63) is 73.2 Å². The van der Waals surface area contributed by atoms with Crippen LogP contribution in [0.2, 0.25) is 20.1 Å². The Balaban J connectivity index is 2.35. The summed E-state index contributed by atoms with van der Waals surface area (Å²) in [4.78, 5) is 24.3. The minimum Gasteiger partial charge on any atom is -0.356 e. The van der Waals surface area contributed by atoms with Crippen LogP contribution >= 0.6 is 46.4 Å². The van der Waals surface area contributed by atoms with E-state index in [0.717, 1.165) is 24.3 Å². The predicted molar refractivity (Wildman–Crippen MR) is 128 cm³/mol. The number of allylic oxidation sites excluding steroid dienone is 1. The highest BCUT2D eigenvalue weighted by atomic mass is 35.5. The largest absolute Gasteiger partial charge is 0.399 e. The van der Waals surface area contributed by atoms with Gasteiger partial charge < -0.3 is 5.32 Å². The molecule has 2 rings (SSSR count). The second kappa shape index (κ2) is 11.8. The van der Waals surface area contributed by atoms with E-state index in [1.807, 2.05) is 0 Å². The third-order valence-electron chi connectivity index (χ3n) is 4.87. The van der Waals surface area contributed by atoms with E-state index in [0.29, 0.717) is 12.6 Å². The monoisotopic (exact) mass is 557 g/mol. The predicted octanol–water partition coefficient (Wildman–Crippen LogP) is 8.30. The Morgan fingerprint density at radius 1 is 1.03 bits per heavy atom. The van der Waals surface area contributed by atoms with Crippen molar-refractivity contribution in [2.45, 2.75) is 32.4 Å². The van der Waals surface area contributed by atoms with Crippen LogP contribution in [0.25, 0.3) is 5.83 Å². The molecule has 11 heteroatoms. The molecule has 3 nitrogen and oxygen atoms in total. The van der Waals surface area contributed by atoms with Crippen LogP contribution in [0.15, 0.2) is 36.4 Å². The number of ketones is 1. The molecule has 1 unspecified atom stereocenters. The second-order valence-electron chi connectivity index (χ2n) is 7.45. The summed E-state index contributed by atoms with van der Waals surface area (Å²) in [5, 5.41) is 1.90. The fraction of sp³-hybridized carbons (Fsp3) is 0.304. The molecular formula is C23H19Cl4F4NO2. The number of benzene rings is 2. The number of nitrogens with one attached hydrogen (secondary N) is 1. The average Bonchev–Trinajstić information content (AvgIpc) is 2.74. The van der Waals surface area contributed by atoms with Crippen LogP contribution in [0.4, 0.5) is 17.6 Å². The third-order valence-corrected chi connectivity index (χ3v) is 6.38. The van der Waals surface area contributed by atoms with E-state index in [2.05, 4.69) is 5.32 Å². The lowest BCUT2D eigenvalue weighted by atomic mass is 9.95. The first-order valence-corrected chi connectivity index (χ1v) is 11.5. The van der Waals surface area contributed by atoms with Gasteiger partial charge in [-0.2, -0.15) is 13.2 Å². The summed E-state index contributed by atoms with van der Waals surface area (Å²) < 4.78 is 56.0. The second-order valence-corrected chi connectivity index (χ2v) is 9.05. The van der Waals surface area contributed by atoms with Crippen LogP contribution in [-0.2, 0) is 4.79 Å². The maximum absolute atomic E-state index is 14.9. The van der Waals surface area contributed by atoms with E-state index >= 15 is 0 Å². The quantitative estimate of drug-likeness (QED) is 0.201. The highest BCUT2D eigenvalue weighted by molar-refractivity contribution is 6.48. The number of hydrogen-bond donors (Lipinski definition) is 1. The SMILES string of the molecule is CCNC(=O)[C@@H](C)CC(=O)c1ccc(/C(F)=C/C(c2cc(Cl)c(Cl)c(Cl)c2)C(F)(F)F)cc1Cl. The first-order chi connectivity index (χ1) is 15.8. The molecule has 0 radical (unpaired) electrons. The summed E-state index contributed by atoms with van der Waals surface area (Å²) in [7, 11) is 0. The van der Waals surface area contributed by atoms with E-state index in [-0.39, 0.29) is 43.5 Å². The molecule has 2 aromatic carbocycles. The van der Waals surface area contributed by atoms with Gasteiger partial charge in [0.1, 0.15) is 11.7 Å². The number of carbonyl (C=O) groups is 2. The van der Waals surface area contributed by atoms with Crippen LogP contribution in [0.5, 0.6) is 0 Å². The third kappa shape index (κ3) is 7.11. The van der Waals surface area contributed by atoms with E-state index in [1.165, 1.54) is 6.07 Å². The normalized spacial score (nSPS) is 14.0. The molecular weight excluding hydrogens is 540 g/mol. The molecule has 2 aromatic rings. The molecule has 34 heavy (non-hydrogen) atoms.